The Labute approximate surface area is 193 Å². The molecule has 0 spiro atoms. The predicted molar refractivity (Wildman–Crippen MR) is 131 cm³/mol. The predicted octanol–water partition coefficient (Wildman–Crippen LogP) is 3.96. The van der Waals surface area contributed by atoms with Gasteiger partial charge in [0.05, 0.1) is 21.7 Å². The molecule has 0 radical (unpaired) electrons. The number of thiazole rings is 1. The van der Waals surface area contributed by atoms with E-state index in [1.165, 1.54) is 15.8 Å². The summed E-state index contributed by atoms with van der Waals surface area (Å²) in [7, 11) is -3.21. The van der Waals surface area contributed by atoms with Crippen molar-refractivity contribution in [2.75, 3.05) is 36.8 Å². The third kappa shape index (κ3) is 5.48. The van der Waals surface area contributed by atoms with Crippen molar-refractivity contribution in [1.29, 1.82) is 0 Å². The van der Waals surface area contributed by atoms with Crippen LogP contribution in [0.3, 0.4) is 0 Å². The van der Waals surface area contributed by atoms with Crippen LogP contribution in [0, 0.1) is 13.8 Å². The lowest BCUT2D eigenvalue weighted by Gasteiger charge is -2.34. The smallest absolute Gasteiger partial charge is 0.222 e. The van der Waals surface area contributed by atoms with Crippen molar-refractivity contribution < 1.29 is 13.2 Å². The first kappa shape index (κ1) is 22.7. The second kappa shape index (κ2) is 9.58. The van der Waals surface area contributed by atoms with Gasteiger partial charge in [0.25, 0.3) is 0 Å². The number of hydrogen-bond donors (Lipinski definition) is 0. The molecule has 0 unspecified atom stereocenters. The standard InChI is InChI=1S/C24H29N3O3S2/c1-18-15-19(2)23-21(16-18)31-24(25-23)27-12-10-26(11-13-27)22(28)9-6-14-32(29,30)17-20-7-4-3-5-8-20/h3-5,7-8,15-16H,6,9-14,17H2,1-2H3. The zero-order chi connectivity index (χ0) is 22.7. The van der Waals surface area contributed by atoms with E-state index in [4.69, 9.17) is 4.98 Å². The Kier molecular flexibility index (Phi) is 6.81. The molecule has 1 saturated heterocycles. The number of rotatable bonds is 7. The molecule has 0 bridgehead atoms. The van der Waals surface area contributed by atoms with Crippen molar-refractivity contribution in [1.82, 2.24) is 9.88 Å². The summed E-state index contributed by atoms with van der Waals surface area (Å²) < 4.78 is 25.9. The van der Waals surface area contributed by atoms with Crippen molar-refractivity contribution in [3.8, 4) is 0 Å². The van der Waals surface area contributed by atoms with Crippen LogP contribution in [0.5, 0.6) is 0 Å². The lowest BCUT2D eigenvalue weighted by atomic mass is 10.1. The molecule has 1 aromatic heterocycles. The lowest BCUT2D eigenvalue weighted by Crippen LogP contribution is -2.48. The number of aromatic nitrogens is 1. The number of carbonyl (C=O) groups is 1. The Bertz CT molecular complexity index is 1200. The van der Waals surface area contributed by atoms with Crippen LogP contribution in [0.25, 0.3) is 10.2 Å². The van der Waals surface area contributed by atoms with Gasteiger partial charge in [0.1, 0.15) is 0 Å². The lowest BCUT2D eigenvalue weighted by molar-refractivity contribution is -0.131. The first-order valence-electron chi connectivity index (χ1n) is 11.0. The van der Waals surface area contributed by atoms with Gasteiger partial charge in [-0.25, -0.2) is 13.4 Å². The maximum absolute atomic E-state index is 12.6. The molecule has 1 fully saturated rings. The van der Waals surface area contributed by atoms with Gasteiger partial charge < -0.3 is 9.80 Å². The van der Waals surface area contributed by atoms with Crippen LogP contribution in [0.2, 0.25) is 0 Å². The van der Waals surface area contributed by atoms with Gasteiger partial charge in [0.15, 0.2) is 15.0 Å². The molecule has 8 heteroatoms. The Balaban J connectivity index is 1.26. The zero-order valence-electron chi connectivity index (χ0n) is 18.6. The van der Waals surface area contributed by atoms with E-state index in [1.54, 1.807) is 11.3 Å². The highest BCUT2D eigenvalue weighted by Gasteiger charge is 2.23. The molecule has 0 aliphatic carbocycles. The number of piperazine rings is 1. The Morgan fingerprint density at radius 2 is 1.78 bits per heavy atom. The van der Waals surface area contributed by atoms with Gasteiger partial charge in [-0.2, -0.15) is 0 Å². The normalized spacial score (nSPS) is 14.8. The fourth-order valence-electron chi connectivity index (χ4n) is 4.14. The van der Waals surface area contributed by atoms with E-state index >= 15 is 0 Å². The average Bonchev–Trinajstić information content (AvgIpc) is 3.18. The monoisotopic (exact) mass is 471 g/mol. The molecule has 2 aromatic carbocycles. The number of nitrogens with zero attached hydrogens (tertiary/aromatic N) is 3. The van der Waals surface area contributed by atoms with E-state index in [2.05, 4.69) is 30.9 Å². The molecule has 2 heterocycles. The molecule has 0 saturated carbocycles. The minimum atomic E-state index is -3.21. The third-order valence-corrected chi connectivity index (χ3v) is 8.54. The van der Waals surface area contributed by atoms with E-state index in [0.717, 1.165) is 29.3 Å². The topological polar surface area (TPSA) is 70.6 Å². The molecule has 0 atom stereocenters. The number of aryl methyl sites for hydroxylation is 2. The molecular weight excluding hydrogens is 442 g/mol. The summed E-state index contributed by atoms with van der Waals surface area (Å²) in [6.45, 7) is 6.97. The summed E-state index contributed by atoms with van der Waals surface area (Å²) in [6, 6.07) is 13.5. The molecule has 4 rings (SSSR count). The van der Waals surface area contributed by atoms with Crippen LogP contribution in [-0.2, 0) is 20.4 Å². The highest BCUT2D eigenvalue weighted by Crippen LogP contribution is 2.32. The Morgan fingerprint density at radius 3 is 2.50 bits per heavy atom. The molecule has 170 valence electrons. The van der Waals surface area contributed by atoms with Gasteiger partial charge in [-0.05, 0) is 43.0 Å². The fourth-order valence-corrected chi connectivity index (χ4v) is 6.77. The average molecular weight is 472 g/mol. The Hall–Kier alpha value is -2.45. The third-order valence-electron chi connectivity index (χ3n) is 5.80. The maximum atomic E-state index is 12.6. The zero-order valence-corrected chi connectivity index (χ0v) is 20.2. The van der Waals surface area contributed by atoms with Crippen molar-refractivity contribution >= 4 is 42.4 Å². The highest BCUT2D eigenvalue weighted by molar-refractivity contribution is 7.90. The number of sulfone groups is 1. The van der Waals surface area contributed by atoms with Gasteiger partial charge in [0.2, 0.25) is 5.91 Å². The van der Waals surface area contributed by atoms with Crippen molar-refractivity contribution in [2.24, 2.45) is 0 Å². The molecule has 32 heavy (non-hydrogen) atoms. The first-order chi connectivity index (χ1) is 15.3. The molecule has 1 amide bonds. The highest BCUT2D eigenvalue weighted by atomic mass is 32.2. The molecule has 0 N–H and O–H groups in total. The fraction of sp³-hybridized carbons (Fsp3) is 0.417. The second-order valence-electron chi connectivity index (χ2n) is 8.47. The van der Waals surface area contributed by atoms with Gasteiger partial charge in [-0.1, -0.05) is 47.7 Å². The summed E-state index contributed by atoms with van der Waals surface area (Å²) in [5.74, 6) is 0.107. The van der Waals surface area contributed by atoms with Crippen LogP contribution in [0.4, 0.5) is 5.13 Å². The van der Waals surface area contributed by atoms with Crippen LogP contribution < -0.4 is 4.90 Å². The number of carbonyl (C=O) groups excluding carboxylic acids is 1. The van der Waals surface area contributed by atoms with Crippen molar-refractivity contribution in [2.45, 2.75) is 32.4 Å². The van der Waals surface area contributed by atoms with Crippen LogP contribution >= 0.6 is 11.3 Å². The summed E-state index contributed by atoms with van der Waals surface area (Å²) in [5, 5.41) is 1.01. The largest absolute Gasteiger partial charge is 0.345 e. The van der Waals surface area contributed by atoms with Gasteiger partial charge in [0, 0.05) is 32.6 Å². The summed E-state index contributed by atoms with van der Waals surface area (Å²) in [4.78, 5) is 21.5. The van der Waals surface area contributed by atoms with Gasteiger partial charge in [-0.15, -0.1) is 0 Å². The first-order valence-corrected chi connectivity index (χ1v) is 13.6. The number of anilines is 1. The summed E-state index contributed by atoms with van der Waals surface area (Å²) >= 11 is 1.70. The van der Waals surface area contributed by atoms with Crippen LogP contribution in [0.15, 0.2) is 42.5 Å². The number of amides is 1. The van der Waals surface area contributed by atoms with Crippen molar-refractivity contribution in [3.05, 3.63) is 59.2 Å². The molecule has 6 nitrogen and oxygen atoms in total. The second-order valence-corrected chi connectivity index (χ2v) is 11.7. The van der Waals surface area contributed by atoms with E-state index in [1.807, 2.05) is 35.2 Å². The quantitative estimate of drug-likeness (QED) is 0.522. The van der Waals surface area contributed by atoms with Crippen LogP contribution in [0.1, 0.15) is 29.5 Å². The molecule has 1 aliphatic heterocycles. The van der Waals surface area contributed by atoms with Gasteiger partial charge in [-0.3, -0.25) is 4.79 Å². The SMILES string of the molecule is Cc1cc(C)c2nc(N3CCN(C(=O)CCCS(=O)(=O)Cc4ccccc4)CC3)sc2c1. The number of benzene rings is 2. The molecular formula is C24H29N3O3S2. The minimum Gasteiger partial charge on any atom is -0.345 e. The summed E-state index contributed by atoms with van der Waals surface area (Å²) in [6.07, 6.45) is 0.637. The molecule has 3 aromatic rings. The summed E-state index contributed by atoms with van der Waals surface area (Å²) in [5.41, 5.74) is 4.28. The van der Waals surface area contributed by atoms with E-state index in [9.17, 15) is 13.2 Å². The van der Waals surface area contributed by atoms with Crippen LogP contribution in [-0.4, -0.2) is 56.1 Å². The van der Waals surface area contributed by atoms with Gasteiger partial charge >= 0.3 is 0 Å². The van der Waals surface area contributed by atoms with E-state index in [-0.39, 0.29) is 23.8 Å². The number of fused-ring (bicyclic) bond motifs is 1. The van der Waals surface area contributed by atoms with E-state index < -0.39 is 9.84 Å². The Morgan fingerprint density at radius 1 is 1.06 bits per heavy atom. The number of hydrogen-bond acceptors (Lipinski definition) is 6. The van der Waals surface area contributed by atoms with E-state index in [0.29, 0.717) is 19.5 Å². The molecule has 1 aliphatic rings. The maximum Gasteiger partial charge on any atom is 0.222 e. The minimum absolute atomic E-state index is 0.0296. The van der Waals surface area contributed by atoms with Crippen molar-refractivity contribution in [3.63, 3.8) is 0 Å².